The number of aromatic nitrogens is 2. The minimum atomic E-state index is -0.0401. The second kappa shape index (κ2) is 8.39. The summed E-state index contributed by atoms with van der Waals surface area (Å²) < 4.78 is 1.13. The first-order valence-corrected chi connectivity index (χ1v) is 11.2. The molecule has 0 atom stereocenters. The minimum Gasteiger partial charge on any atom is -0.302 e. The second-order valence-electron chi connectivity index (χ2n) is 5.63. The van der Waals surface area contributed by atoms with Gasteiger partial charge in [0.25, 0.3) is 0 Å². The molecular weight excluding hydrogens is 418 g/mol. The van der Waals surface area contributed by atoms with Crippen LogP contribution in [0.2, 0.25) is 5.02 Å². The number of carbonyl (C=O) groups is 1. The van der Waals surface area contributed by atoms with Crippen molar-refractivity contribution in [1.82, 2.24) is 9.97 Å². The predicted octanol–water partition coefficient (Wildman–Crippen LogP) is 6.19. The van der Waals surface area contributed by atoms with Crippen molar-refractivity contribution in [3.8, 4) is 10.7 Å². The first-order valence-electron chi connectivity index (χ1n) is 8.17. The van der Waals surface area contributed by atoms with Gasteiger partial charge in [-0.15, -0.1) is 34.4 Å². The molecule has 1 amide bonds. The monoisotopic (exact) mass is 431 g/mol. The SMILES string of the molecule is O=C(CCSc1ccc(Cl)cc1)Nc1nc(-c2nc3ccccc3s2)cs1. The number of para-hydroxylation sites is 1. The van der Waals surface area contributed by atoms with Crippen LogP contribution in [0.15, 0.2) is 58.8 Å². The zero-order valence-electron chi connectivity index (χ0n) is 14.0. The maximum atomic E-state index is 12.2. The Kier molecular flexibility index (Phi) is 5.73. The van der Waals surface area contributed by atoms with Gasteiger partial charge in [0.15, 0.2) is 5.13 Å². The van der Waals surface area contributed by atoms with E-state index in [1.165, 1.54) is 11.3 Å². The molecular formula is C19H14ClN3OS3. The fourth-order valence-electron chi connectivity index (χ4n) is 2.39. The van der Waals surface area contributed by atoms with Crippen molar-refractivity contribution in [1.29, 1.82) is 0 Å². The summed E-state index contributed by atoms with van der Waals surface area (Å²) in [7, 11) is 0. The third-order valence-electron chi connectivity index (χ3n) is 3.68. The largest absolute Gasteiger partial charge is 0.302 e. The Morgan fingerprint density at radius 1 is 1.11 bits per heavy atom. The van der Waals surface area contributed by atoms with E-state index in [4.69, 9.17) is 11.6 Å². The number of amides is 1. The molecule has 0 aliphatic carbocycles. The molecule has 0 aliphatic rings. The summed E-state index contributed by atoms with van der Waals surface area (Å²) in [5, 5.41) is 6.98. The molecule has 8 heteroatoms. The predicted molar refractivity (Wildman–Crippen MR) is 116 cm³/mol. The van der Waals surface area contributed by atoms with Crippen molar-refractivity contribution >= 4 is 67.3 Å². The van der Waals surface area contributed by atoms with Crippen LogP contribution in [0.4, 0.5) is 5.13 Å². The molecule has 0 fully saturated rings. The smallest absolute Gasteiger partial charge is 0.226 e. The molecule has 1 N–H and O–H groups in total. The molecule has 0 aliphatic heterocycles. The number of anilines is 1. The van der Waals surface area contributed by atoms with Gasteiger partial charge in [0.2, 0.25) is 5.91 Å². The van der Waals surface area contributed by atoms with Gasteiger partial charge in [-0.2, -0.15) is 0 Å². The molecule has 0 radical (unpaired) electrons. The number of hydrogen-bond acceptors (Lipinski definition) is 6. The lowest BCUT2D eigenvalue weighted by atomic mass is 10.3. The van der Waals surface area contributed by atoms with Crippen LogP contribution in [0.1, 0.15) is 6.42 Å². The molecule has 136 valence electrons. The van der Waals surface area contributed by atoms with E-state index in [1.807, 2.05) is 53.9 Å². The standard InChI is InChI=1S/C19H14ClN3OS3/c20-12-5-7-13(8-6-12)25-10-9-17(24)23-19-22-15(11-26-19)18-21-14-3-1-2-4-16(14)27-18/h1-8,11H,9-10H2,(H,22,23,24). The van der Waals surface area contributed by atoms with E-state index in [2.05, 4.69) is 15.3 Å². The molecule has 2 aromatic heterocycles. The first-order chi connectivity index (χ1) is 13.2. The summed E-state index contributed by atoms with van der Waals surface area (Å²) in [5.41, 5.74) is 1.77. The van der Waals surface area contributed by atoms with Gasteiger partial charge in [-0.1, -0.05) is 23.7 Å². The Balaban J connectivity index is 1.33. The lowest BCUT2D eigenvalue weighted by Crippen LogP contribution is -2.11. The normalized spacial score (nSPS) is 11.0. The molecule has 0 saturated carbocycles. The van der Waals surface area contributed by atoms with Crippen molar-refractivity contribution in [3.63, 3.8) is 0 Å². The fourth-order valence-corrected chi connectivity index (χ4v) is 5.08. The average Bonchev–Trinajstić information content (AvgIpc) is 3.30. The van der Waals surface area contributed by atoms with Gasteiger partial charge < -0.3 is 5.32 Å². The number of nitrogens with one attached hydrogen (secondary N) is 1. The number of rotatable bonds is 6. The summed E-state index contributed by atoms with van der Waals surface area (Å²) in [6.45, 7) is 0. The van der Waals surface area contributed by atoms with Crippen LogP contribution >= 0.6 is 46.0 Å². The minimum absolute atomic E-state index is 0.0401. The molecule has 0 spiro atoms. The highest BCUT2D eigenvalue weighted by molar-refractivity contribution is 7.99. The first kappa shape index (κ1) is 18.4. The van der Waals surface area contributed by atoms with E-state index < -0.39 is 0 Å². The molecule has 0 bridgehead atoms. The molecule has 4 aromatic rings. The van der Waals surface area contributed by atoms with E-state index in [0.29, 0.717) is 22.3 Å². The zero-order valence-corrected chi connectivity index (χ0v) is 17.2. The Morgan fingerprint density at radius 3 is 2.74 bits per heavy atom. The third kappa shape index (κ3) is 4.68. The number of thiazole rings is 2. The van der Waals surface area contributed by atoms with Crippen molar-refractivity contribution in [2.45, 2.75) is 11.3 Å². The molecule has 27 heavy (non-hydrogen) atoms. The summed E-state index contributed by atoms with van der Waals surface area (Å²) >= 11 is 10.5. The van der Waals surface area contributed by atoms with Crippen LogP contribution < -0.4 is 5.32 Å². The number of thioether (sulfide) groups is 1. The topological polar surface area (TPSA) is 54.9 Å². The van der Waals surface area contributed by atoms with Crippen LogP contribution in [0.25, 0.3) is 20.9 Å². The number of nitrogens with zero attached hydrogens (tertiary/aromatic N) is 2. The molecule has 4 nitrogen and oxygen atoms in total. The summed E-state index contributed by atoms with van der Waals surface area (Å²) in [5.74, 6) is 0.658. The Labute approximate surface area is 173 Å². The van der Waals surface area contributed by atoms with Gasteiger partial charge in [0.1, 0.15) is 10.7 Å². The molecule has 2 aromatic carbocycles. The van der Waals surface area contributed by atoms with Crippen LogP contribution in [-0.2, 0) is 4.79 Å². The number of fused-ring (bicyclic) bond motifs is 1. The van der Waals surface area contributed by atoms with Crippen molar-refractivity contribution in [2.75, 3.05) is 11.1 Å². The summed E-state index contributed by atoms with van der Waals surface area (Å²) in [6, 6.07) is 15.6. The number of halogens is 1. The maximum absolute atomic E-state index is 12.2. The maximum Gasteiger partial charge on any atom is 0.226 e. The van der Waals surface area contributed by atoms with Gasteiger partial charge in [0, 0.05) is 27.5 Å². The zero-order chi connectivity index (χ0) is 18.6. The van der Waals surface area contributed by atoms with Crippen LogP contribution in [0.3, 0.4) is 0 Å². The van der Waals surface area contributed by atoms with Gasteiger partial charge in [-0.25, -0.2) is 9.97 Å². The van der Waals surface area contributed by atoms with Crippen molar-refractivity contribution < 1.29 is 4.79 Å². The Morgan fingerprint density at radius 2 is 1.93 bits per heavy atom. The van der Waals surface area contributed by atoms with Crippen LogP contribution in [-0.4, -0.2) is 21.6 Å². The van der Waals surface area contributed by atoms with E-state index in [1.54, 1.807) is 23.1 Å². The van der Waals surface area contributed by atoms with Gasteiger partial charge in [-0.3, -0.25) is 4.79 Å². The highest BCUT2D eigenvalue weighted by Gasteiger charge is 2.12. The van der Waals surface area contributed by atoms with Crippen molar-refractivity contribution in [3.05, 3.63) is 58.9 Å². The van der Waals surface area contributed by atoms with Crippen molar-refractivity contribution in [2.24, 2.45) is 0 Å². The number of benzene rings is 2. The summed E-state index contributed by atoms with van der Waals surface area (Å²) in [4.78, 5) is 22.4. The van der Waals surface area contributed by atoms with E-state index in [9.17, 15) is 4.79 Å². The highest BCUT2D eigenvalue weighted by atomic mass is 35.5. The molecule has 2 heterocycles. The van der Waals surface area contributed by atoms with E-state index >= 15 is 0 Å². The molecule has 0 unspecified atom stereocenters. The average molecular weight is 432 g/mol. The highest BCUT2D eigenvalue weighted by Crippen LogP contribution is 2.32. The lowest BCUT2D eigenvalue weighted by Gasteiger charge is -2.02. The van der Waals surface area contributed by atoms with Crippen LogP contribution in [0, 0.1) is 0 Å². The number of hydrogen-bond donors (Lipinski definition) is 1. The Bertz CT molecular complexity index is 1040. The Hall–Kier alpha value is -1.93. The van der Waals surface area contributed by atoms with Gasteiger partial charge in [0.05, 0.1) is 10.2 Å². The third-order valence-corrected chi connectivity index (χ3v) is 6.76. The van der Waals surface area contributed by atoms with E-state index in [-0.39, 0.29) is 5.91 Å². The fraction of sp³-hybridized carbons (Fsp3) is 0.105. The van der Waals surface area contributed by atoms with Crippen LogP contribution in [0.5, 0.6) is 0 Å². The van der Waals surface area contributed by atoms with E-state index in [0.717, 1.165) is 25.8 Å². The lowest BCUT2D eigenvalue weighted by molar-refractivity contribution is -0.115. The molecule has 0 saturated heterocycles. The second-order valence-corrected chi connectivity index (χ2v) is 9.12. The summed E-state index contributed by atoms with van der Waals surface area (Å²) in [6.07, 6.45) is 0.420. The number of carbonyl (C=O) groups excluding carboxylic acids is 1. The van der Waals surface area contributed by atoms with Gasteiger partial charge in [-0.05, 0) is 36.4 Å². The van der Waals surface area contributed by atoms with Gasteiger partial charge >= 0.3 is 0 Å². The quantitative estimate of drug-likeness (QED) is 0.369. The molecule has 4 rings (SSSR count).